The number of hydrogen-bond donors (Lipinski definition) is 2. The highest BCUT2D eigenvalue weighted by Gasteiger charge is 2.37. The molecule has 0 aromatic carbocycles. The number of aromatic nitrogens is 1. The van der Waals surface area contributed by atoms with E-state index in [1.807, 2.05) is 27.0 Å². The van der Waals surface area contributed by atoms with Crippen LogP contribution in [0.5, 0.6) is 0 Å². The van der Waals surface area contributed by atoms with Crippen LogP contribution in [0.25, 0.3) is 0 Å². The molecular formula is C16H27N3OS. The van der Waals surface area contributed by atoms with Crippen molar-refractivity contribution >= 4 is 11.0 Å². The van der Waals surface area contributed by atoms with E-state index in [2.05, 4.69) is 22.6 Å². The van der Waals surface area contributed by atoms with Crippen molar-refractivity contribution in [3.63, 3.8) is 0 Å². The summed E-state index contributed by atoms with van der Waals surface area (Å²) in [7, 11) is -1.18. The lowest BCUT2D eigenvalue weighted by Gasteiger charge is -2.33. The van der Waals surface area contributed by atoms with Crippen molar-refractivity contribution in [2.75, 3.05) is 13.1 Å². The van der Waals surface area contributed by atoms with Gasteiger partial charge in [0.15, 0.2) is 0 Å². The van der Waals surface area contributed by atoms with E-state index < -0.39 is 11.0 Å². The van der Waals surface area contributed by atoms with Crippen molar-refractivity contribution in [1.82, 2.24) is 10.3 Å². The molecule has 3 N–H and O–H groups in total. The van der Waals surface area contributed by atoms with Gasteiger partial charge in [-0.2, -0.15) is 0 Å². The maximum Gasteiger partial charge on any atom is 0.0942 e. The van der Waals surface area contributed by atoms with Crippen molar-refractivity contribution < 1.29 is 4.21 Å². The van der Waals surface area contributed by atoms with Gasteiger partial charge in [-0.15, -0.1) is 0 Å². The van der Waals surface area contributed by atoms with Gasteiger partial charge in [-0.25, -0.2) is 4.21 Å². The molecule has 0 saturated carbocycles. The summed E-state index contributed by atoms with van der Waals surface area (Å²) in [5.74, 6) is 0. The Morgan fingerprint density at radius 2 is 1.81 bits per heavy atom. The third kappa shape index (κ3) is 4.34. The van der Waals surface area contributed by atoms with Crippen LogP contribution in [-0.4, -0.2) is 27.0 Å². The molecule has 4 nitrogen and oxygen atoms in total. The summed E-state index contributed by atoms with van der Waals surface area (Å²) in [5.41, 5.74) is 3.62. The lowest BCUT2D eigenvalue weighted by atomic mass is 9.76. The fraction of sp³-hybridized carbons (Fsp3) is 0.688. The van der Waals surface area contributed by atoms with Crippen LogP contribution in [0.3, 0.4) is 0 Å². The summed E-state index contributed by atoms with van der Waals surface area (Å²) in [4.78, 5) is 4.22. The Morgan fingerprint density at radius 1 is 1.24 bits per heavy atom. The summed E-state index contributed by atoms with van der Waals surface area (Å²) < 4.78 is 10.1. The van der Waals surface area contributed by atoms with E-state index in [-0.39, 0.29) is 4.75 Å². The number of hydrogen-bond acceptors (Lipinski definition) is 3. The largest absolute Gasteiger partial charge is 0.317 e. The molecule has 1 unspecified atom stereocenters. The first-order valence-electron chi connectivity index (χ1n) is 7.61. The zero-order valence-corrected chi connectivity index (χ0v) is 14.1. The van der Waals surface area contributed by atoms with Gasteiger partial charge in [0.2, 0.25) is 0 Å². The standard InChI is InChI=1S/C12H16N2.C4H11NOS/c1-4-14-9-11-8-12(7-10(1)11)2-5-13-6-3-12;1-4(2,3)7(5)6/h1,4,9,13H,2-3,5-8H2;5H2,1-3H3. The Bertz CT molecular complexity index is 477. The lowest BCUT2D eigenvalue weighted by Crippen LogP contribution is -2.37. The van der Waals surface area contributed by atoms with Crippen LogP contribution in [0, 0.1) is 5.41 Å². The number of rotatable bonds is 0. The van der Waals surface area contributed by atoms with E-state index >= 15 is 0 Å². The molecule has 1 aliphatic carbocycles. The van der Waals surface area contributed by atoms with Crippen LogP contribution in [0.2, 0.25) is 0 Å². The van der Waals surface area contributed by atoms with Crippen molar-refractivity contribution in [2.45, 2.75) is 51.2 Å². The molecule has 1 spiro atoms. The predicted molar refractivity (Wildman–Crippen MR) is 88.3 cm³/mol. The van der Waals surface area contributed by atoms with E-state index in [4.69, 9.17) is 5.14 Å². The molecule has 1 saturated heterocycles. The zero-order valence-electron chi connectivity index (χ0n) is 13.3. The molecule has 1 aromatic heterocycles. The Kier molecular flexibility index (Phi) is 5.17. The first-order chi connectivity index (χ1) is 9.82. The highest BCUT2D eigenvalue weighted by Crippen LogP contribution is 2.42. The molecule has 1 atom stereocenters. The number of nitrogens with zero attached hydrogens (tertiary/aromatic N) is 1. The van der Waals surface area contributed by atoms with Gasteiger partial charge in [0, 0.05) is 12.4 Å². The summed E-state index contributed by atoms with van der Waals surface area (Å²) in [6, 6.07) is 2.20. The normalized spacial score (nSPS) is 21.3. The van der Waals surface area contributed by atoms with Gasteiger partial charge in [-0.1, -0.05) is 0 Å². The maximum absolute atomic E-state index is 10.4. The van der Waals surface area contributed by atoms with Crippen LogP contribution in [0.15, 0.2) is 18.5 Å². The molecule has 2 heterocycles. The fourth-order valence-corrected chi connectivity index (χ4v) is 2.97. The minimum Gasteiger partial charge on any atom is -0.317 e. The van der Waals surface area contributed by atoms with Crippen molar-refractivity contribution in [3.05, 3.63) is 29.6 Å². The Balaban J connectivity index is 0.000000199. The van der Waals surface area contributed by atoms with E-state index in [9.17, 15) is 4.21 Å². The van der Waals surface area contributed by atoms with Gasteiger partial charge in [-0.05, 0) is 82.2 Å². The van der Waals surface area contributed by atoms with Gasteiger partial charge >= 0.3 is 0 Å². The van der Waals surface area contributed by atoms with Crippen molar-refractivity contribution in [1.29, 1.82) is 0 Å². The summed E-state index contributed by atoms with van der Waals surface area (Å²) >= 11 is 0. The summed E-state index contributed by atoms with van der Waals surface area (Å²) in [5, 5.41) is 8.49. The van der Waals surface area contributed by atoms with Crippen LogP contribution in [0.4, 0.5) is 0 Å². The van der Waals surface area contributed by atoms with Crippen LogP contribution >= 0.6 is 0 Å². The van der Waals surface area contributed by atoms with Crippen LogP contribution in [-0.2, 0) is 23.8 Å². The molecule has 2 aliphatic rings. The van der Waals surface area contributed by atoms with Gasteiger partial charge in [0.05, 0.1) is 15.7 Å². The Labute approximate surface area is 130 Å². The number of nitrogens with one attached hydrogen (secondary N) is 1. The first-order valence-corrected chi connectivity index (χ1v) is 8.82. The molecule has 0 bridgehead atoms. The molecule has 21 heavy (non-hydrogen) atoms. The van der Waals surface area contributed by atoms with Crippen LogP contribution in [0.1, 0.15) is 44.7 Å². The quantitative estimate of drug-likeness (QED) is 0.770. The first kappa shape index (κ1) is 16.6. The van der Waals surface area contributed by atoms with Gasteiger partial charge in [-0.3, -0.25) is 10.1 Å². The Hall–Kier alpha value is -0.780. The van der Waals surface area contributed by atoms with Crippen molar-refractivity contribution in [3.8, 4) is 0 Å². The third-order valence-electron chi connectivity index (χ3n) is 4.40. The minimum atomic E-state index is -1.18. The molecular weight excluding hydrogens is 282 g/mol. The second-order valence-electron chi connectivity index (χ2n) is 7.16. The van der Waals surface area contributed by atoms with Crippen molar-refractivity contribution in [2.24, 2.45) is 10.6 Å². The molecule has 1 fully saturated rings. The monoisotopic (exact) mass is 309 g/mol. The fourth-order valence-electron chi connectivity index (χ4n) is 2.97. The highest BCUT2D eigenvalue weighted by molar-refractivity contribution is 7.84. The minimum absolute atomic E-state index is 0.250. The van der Waals surface area contributed by atoms with Gasteiger partial charge < -0.3 is 5.32 Å². The number of pyridine rings is 1. The van der Waals surface area contributed by atoms with E-state index in [0.29, 0.717) is 5.41 Å². The average molecular weight is 309 g/mol. The summed E-state index contributed by atoms with van der Waals surface area (Å²) in [6.07, 6.45) is 9.21. The number of piperidine rings is 1. The van der Waals surface area contributed by atoms with Gasteiger partial charge in [0.25, 0.3) is 0 Å². The number of nitrogens with two attached hydrogens (primary N) is 1. The second-order valence-corrected chi connectivity index (χ2v) is 8.98. The third-order valence-corrected chi connectivity index (χ3v) is 5.61. The summed E-state index contributed by atoms with van der Waals surface area (Å²) in [6.45, 7) is 7.90. The lowest BCUT2D eigenvalue weighted by molar-refractivity contribution is 0.216. The Morgan fingerprint density at radius 3 is 2.33 bits per heavy atom. The number of fused-ring (bicyclic) bond motifs is 1. The molecule has 5 heteroatoms. The molecule has 3 rings (SSSR count). The van der Waals surface area contributed by atoms with Gasteiger partial charge in [0.1, 0.15) is 0 Å². The maximum atomic E-state index is 10.4. The molecule has 1 aromatic rings. The topological polar surface area (TPSA) is 68.0 Å². The van der Waals surface area contributed by atoms with E-state index in [1.165, 1.54) is 44.3 Å². The molecule has 118 valence electrons. The second kappa shape index (κ2) is 6.55. The zero-order chi connectivity index (χ0) is 15.5. The SMILES string of the molecule is CC(C)(C)S(N)=O.c1cc2c(cn1)CC1(CCNCC1)C2. The predicted octanol–water partition coefficient (Wildman–Crippen LogP) is 1.96. The van der Waals surface area contributed by atoms with E-state index in [0.717, 1.165) is 0 Å². The molecule has 0 amide bonds. The molecule has 1 aliphatic heterocycles. The molecule has 0 radical (unpaired) electrons. The highest BCUT2D eigenvalue weighted by atomic mass is 32.2. The van der Waals surface area contributed by atoms with Crippen LogP contribution < -0.4 is 10.5 Å². The smallest absolute Gasteiger partial charge is 0.0942 e. The van der Waals surface area contributed by atoms with E-state index in [1.54, 1.807) is 5.56 Å². The average Bonchev–Trinajstić information content (AvgIpc) is 2.76.